The van der Waals surface area contributed by atoms with Crippen molar-refractivity contribution in [3.05, 3.63) is 101 Å². The summed E-state index contributed by atoms with van der Waals surface area (Å²) in [6.07, 6.45) is 0. The molecule has 0 aliphatic heterocycles. The van der Waals surface area contributed by atoms with Gasteiger partial charge in [-0.25, -0.2) is 0 Å². The van der Waals surface area contributed by atoms with E-state index in [-0.39, 0.29) is 11.8 Å². The fourth-order valence-electron chi connectivity index (χ4n) is 2.53. The molecule has 0 radical (unpaired) electrons. The molecule has 0 saturated heterocycles. The molecule has 3 aromatic rings. The number of para-hydroxylation sites is 1. The Balaban J connectivity index is 1.61. The average Bonchev–Trinajstić information content (AvgIpc) is 2.73. The van der Waals surface area contributed by atoms with Crippen LogP contribution in [0.4, 0.5) is 5.69 Å². The van der Waals surface area contributed by atoms with E-state index in [1.807, 2.05) is 24.3 Å². The first kappa shape index (κ1) is 17.9. The van der Waals surface area contributed by atoms with Crippen molar-refractivity contribution in [2.24, 2.45) is 0 Å². The molecule has 132 valence electrons. The molecular formula is C22H17N3O2. The summed E-state index contributed by atoms with van der Waals surface area (Å²) in [7, 11) is 0. The number of nitrogens with one attached hydrogen (secondary N) is 2. The first-order valence-corrected chi connectivity index (χ1v) is 8.40. The van der Waals surface area contributed by atoms with E-state index >= 15 is 0 Å². The highest BCUT2D eigenvalue weighted by Gasteiger charge is 2.09. The van der Waals surface area contributed by atoms with E-state index in [9.17, 15) is 9.59 Å². The Labute approximate surface area is 157 Å². The molecular weight excluding hydrogens is 338 g/mol. The van der Waals surface area contributed by atoms with E-state index in [4.69, 9.17) is 5.26 Å². The number of benzene rings is 3. The Morgan fingerprint density at radius 1 is 0.778 bits per heavy atom. The van der Waals surface area contributed by atoms with Crippen LogP contribution in [-0.4, -0.2) is 11.8 Å². The quantitative estimate of drug-likeness (QED) is 0.731. The van der Waals surface area contributed by atoms with E-state index in [1.54, 1.807) is 60.7 Å². The maximum Gasteiger partial charge on any atom is 0.255 e. The molecule has 5 nitrogen and oxygen atoms in total. The zero-order valence-corrected chi connectivity index (χ0v) is 14.5. The summed E-state index contributed by atoms with van der Waals surface area (Å²) in [6.45, 7) is 0.368. The average molecular weight is 355 g/mol. The third-order valence-electron chi connectivity index (χ3n) is 4.00. The van der Waals surface area contributed by atoms with E-state index in [2.05, 4.69) is 10.6 Å². The zero-order chi connectivity index (χ0) is 19.1. The monoisotopic (exact) mass is 355 g/mol. The van der Waals surface area contributed by atoms with Gasteiger partial charge in [0.15, 0.2) is 0 Å². The first-order valence-electron chi connectivity index (χ1n) is 8.40. The van der Waals surface area contributed by atoms with Crippen LogP contribution >= 0.6 is 0 Å². The van der Waals surface area contributed by atoms with Crippen molar-refractivity contribution >= 4 is 17.5 Å². The van der Waals surface area contributed by atoms with Crippen LogP contribution in [-0.2, 0) is 6.54 Å². The summed E-state index contributed by atoms with van der Waals surface area (Å²) < 4.78 is 0. The molecule has 0 fully saturated rings. The smallest absolute Gasteiger partial charge is 0.255 e. The predicted octanol–water partition coefficient (Wildman–Crippen LogP) is 3.74. The van der Waals surface area contributed by atoms with E-state index < -0.39 is 0 Å². The number of hydrogen-bond acceptors (Lipinski definition) is 3. The standard InChI is InChI=1S/C22H17N3O2/c23-14-19-8-4-5-9-20(19)25-22(27)18-12-10-16(11-13-18)15-24-21(26)17-6-2-1-3-7-17/h1-13H,15H2,(H,24,26)(H,25,27). The van der Waals surface area contributed by atoms with Gasteiger partial charge in [-0.15, -0.1) is 0 Å². The Kier molecular flexibility index (Phi) is 5.60. The molecule has 3 aromatic carbocycles. The maximum absolute atomic E-state index is 12.4. The summed E-state index contributed by atoms with van der Waals surface area (Å²) in [5, 5.41) is 14.7. The third-order valence-corrected chi connectivity index (χ3v) is 4.00. The maximum atomic E-state index is 12.4. The molecule has 0 atom stereocenters. The van der Waals surface area contributed by atoms with Crippen LogP contribution in [0.1, 0.15) is 31.8 Å². The van der Waals surface area contributed by atoms with Crippen molar-refractivity contribution in [3.8, 4) is 6.07 Å². The molecule has 0 heterocycles. The van der Waals surface area contributed by atoms with Gasteiger partial charge in [-0.2, -0.15) is 5.26 Å². The molecule has 0 aromatic heterocycles. The van der Waals surface area contributed by atoms with Gasteiger partial charge in [-0.05, 0) is 42.0 Å². The van der Waals surface area contributed by atoms with Gasteiger partial charge in [0.25, 0.3) is 11.8 Å². The van der Waals surface area contributed by atoms with Crippen molar-refractivity contribution in [1.29, 1.82) is 5.26 Å². The van der Waals surface area contributed by atoms with Gasteiger partial charge in [0, 0.05) is 17.7 Å². The molecule has 0 saturated carbocycles. The fraction of sp³-hybridized carbons (Fsp3) is 0.0455. The van der Waals surface area contributed by atoms with Crippen molar-refractivity contribution in [2.75, 3.05) is 5.32 Å². The van der Waals surface area contributed by atoms with Crippen LogP contribution < -0.4 is 10.6 Å². The molecule has 2 N–H and O–H groups in total. The largest absolute Gasteiger partial charge is 0.348 e. The van der Waals surface area contributed by atoms with Crippen molar-refractivity contribution in [3.63, 3.8) is 0 Å². The van der Waals surface area contributed by atoms with Crippen LogP contribution in [0.15, 0.2) is 78.9 Å². The van der Waals surface area contributed by atoms with Gasteiger partial charge in [0.1, 0.15) is 6.07 Å². The van der Waals surface area contributed by atoms with Crippen LogP contribution in [0.5, 0.6) is 0 Å². The highest BCUT2D eigenvalue weighted by molar-refractivity contribution is 6.04. The number of amides is 2. The number of anilines is 1. The van der Waals surface area contributed by atoms with E-state index in [0.29, 0.717) is 28.9 Å². The second-order valence-corrected chi connectivity index (χ2v) is 5.86. The zero-order valence-electron chi connectivity index (χ0n) is 14.5. The molecule has 5 heteroatoms. The summed E-state index contributed by atoms with van der Waals surface area (Å²) in [5.74, 6) is -0.442. The van der Waals surface area contributed by atoms with E-state index in [0.717, 1.165) is 5.56 Å². The van der Waals surface area contributed by atoms with Gasteiger partial charge in [0.2, 0.25) is 0 Å². The van der Waals surface area contributed by atoms with Gasteiger partial charge in [-0.1, -0.05) is 42.5 Å². The summed E-state index contributed by atoms with van der Waals surface area (Å²) in [5.41, 5.74) is 2.84. The van der Waals surface area contributed by atoms with Crippen molar-refractivity contribution < 1.29 is 9.59 Å². The minimum Gasteiger partial charge on any atom is -0.348 e. The molecule has 0 aliphatic carbocycles. The second kappa shape index (κ2) is 8.45. The summed E-state index contributed by atoms with van der Waals surface area (Å²) in [6, 6.07) is 24.8. The lowest BCUT2D eigenvalue weighted by Crippen LogP contribution is -2.22. The van der Waals surface area contributed by atoms with Crippen molar-refractivity contribution in [1.82, 2.24) is 5.32 Å². The topological polar surface area (TPSA) is 82.0 Å². The highest BCUT2D eigenvalue weighted by atomic mass is 16.2. The van der Waals surface area contributed by atoms with Crippen LogP contribution in [0.2, 0.25) is 0 Å². The van der Waals surface area contributed by atoms with Crippen LogP contribution in [0.25, 0.3) is 0 Å². The van der Waals surface area contributed by atoms with E-state index in [1.165, 1.54) is 0 Å². The molecule has 0 aliphatic rings. The normalized spacial score (nSPS) is 9.89. The second-order valence-electron chi connectivity index (χ2n) is 5.86. The Bertz CT molecular complexity index is 990. The van der Waals surface area contributed by atoms with Gasteiger partial charge < -0.3 is 10.6 Å². The van der Waals surface area contributed by atoms with Crippen molar-refractivity contribution in [2.45, 2.75) is 6.54 Å². The minimum absolute atomic E-state index is 0.148. The number of rotatable bonds is 5. The fourth-order valence-corrected chi connectivity index (χ4v) is 2.53. The molecule has 3 rings (SSSR count). The van der Waals surface area contributed by atoms with Crippen LogP contribution in [0.3, 0.4) is 0 Å². The number of nitrogens with zero attached hydrogens (tertiary/aromatic N) is 1. The highest BCUT2D eigenvalue weighted by Crippen LogP contribution is 2.15. The number of nitriles is 1. The summed E-state index contributed by atoms with van der Waals surface area (Å²) >= 11 is 0. The number of carbonyl (C=O) groups is 2. The van der Waals surface area contributed by atoms with Gasteiger partial charge in [-0.3, -0.25) is 9.59 Å². The molecule has 0 bridgehead atoms. The summed E-state index contributed by atoms with van der Waals surface area (Å²) in [4.78, 5) is 24.4. The first-order chi connectivity index (χ1) is 13.2. The lowest BCUT2D eigenvalue weighted by Gasteiger charge is -2.08. The van der Waals surface area contributed by atoms with Gasteiger partial charge >= 0.3 is 0 Å². The Morgan fingerprint density at radius 3 is 2.11 bits per heavy atom. The Hall–Kier alpha value is -3.91. The molecule has 0 unspecified atom stereocenters. The lowest BCUT2D eigenvalue weighted by molar-refractivity contribution is 0.0949. The van der Waals surface area contributed by atoms with Crippen LogP contribution in [0, 0.1) is 11.3 Å². The lowest BCUT2D eigenvalue weighted by atomic mass is 10.1. The minimum atomic E-state index is -0.294. The SMILES string of the molecule is N#Cc1ccccc1NC(=O)c1ccc(CNC(=O)c2ccccc2)cc1. The predicted molar refractivity (Wildman–Crippen MR) is 103 cm³/mol. The molecule has 0 spiro atoms. The molecule has 27 heavy (non-hydrogen) atoms. The number of hydrogen-bond donors (Lipinski definition) is 2. The van der Waals surface area contributed by atoms with Gasteiger partial charge in [0.05, 0.1) is 11.3 Å². The Morgan fingerprint density at radius 2 is 1.41 bits per heavy atom. The molecule has 2 amide bonds. The third kappa shape index (κ3) is 4.59. The number of carbonyl (C=O) groups excluding carboxylic acids is 2.